The zero-order valence-corrected chi connectivity index (χ0v) is 12.6. The molecule has 0 bridgehead atoms. The summed E-state index contributed by atoms with van der Waals surface area (Å²) in [5.74, 6) is -0.609. The minimum atomic E-state index is -0.996. The number of nitrogens with zero attached hydrogens (tertiary/aromatic N) is 1. The van der Waals surface area contributed by atoms with Crippen LogP contribution >= 0.6 is 0 Å². The summed E-state index contributed by atoms with van der Waals surface area (Å²) in [4.78, 5) is 23.6. The quantitative estimate of drug-likeness (QED) is 0.833. The maximum atomic E-state index is 12.0. The van der Waals surface area contributed by atoms with Gasteiger partial charge in [0.25, 0.3) is 0 Å². The highest BCUT2D eigenvalue weighted by Gasteiger charge is 2.30. The highest BCUT2D eigenvalue weighted by atomic mass is 16.5. The fourth-order valence-electron chi connectivity index (χ4n) is 1.57. The van der Waals surface area contributed by atoms with Crippen LogP contribution in [0.2, 0.25) is 0 Å². The Hall–Kier alpha value is -2.55. The van der Waals surface area contributed by atoms with Crippen LogP contribution in [0.25, 0.3) is 0 Å². The molecule has 0 spiro atoms. The van der Waals surface area contributed by atoms with Crippen LogP contribution in [0.3, 0.4) is 0 Å². The van der Waals surface area contributed by atoms with Crippen LogP contribution < -0.4 is 10.6 Å². The van der Waals surface area contributed by atoms with Crippen molar-refractivity contribution in [1.82, 2.24) is 5.32 Å². The zero-order chi connectivity index (χ0) is 16.0. The Kier molecular flexibility index (Phi) is 5.30. The van der Waals surface area contributed by atoms with Gasteiger partial charge in [-0.15, -0.1) is 0 Å². The summed E-state index contributed by atoms with van der Waals surface area (Å²) in [6, 6.07) is 8.02. The molecule has 6 nitrogen and oxygen atoms in total. The Morgan fingerprint density at radius 2 is 1.95 bits per heavy atom. The van der Waals surface area contributed by atoms with Gasteiger partial charge in [0.1, 0.15) is 5.54 Å². The number of anilines is 1. The van der Waals surface area contributed by atoms with E-state index in [4.69, 9.17) is 0 Å². The number of para-hydroxylation sites is 1. The van der Waals surface area contributed by atoms with Gasteiger partial charge in [0.15, 0.2) is 0 Å². The van der Waals surface area contributed by atoms with Gasteiger partial charge in [0.2, 0.25) is 0 Å². The fraction of sp³-hybridized carbons (Fsp3) is 0.400. The highest BCUT2D eigenvalue weighted by Crippen LogP contribution is 2.18. The number of rotatable bonds is 4. The Labute approximate surface area is 124 Å². The van der Waals surface area contributed by atoms with E-state index in [9.17, 15) is 14.9 Å². The first kappa shape index (κ1) is 16.5. The van der Waals surface area contributed by atoms with Crippen molar-refractivity contribution in [2.75, 3.05) is 12.4 Å². The molecule has 0 radical (unpaired) electrons. The van der Waals surface area contributed by atoms with Gasteiger partial charge in [-0.1, -0.05) is 26.0 Å². The Balaban J connectivity index is 2.90. The molecule has 0 saturated carbocycles. The van der Waals surface area contributed by atoms with Crippen LogP contribution in [-0.2, 0) is 4.74 Å². The van der Waals surface area contributed by atoms with Gasteiger partial charge >= 0.3 is 12.0 Å². The van der Waals surface area contributed by atoms with E-state index in [0.717, 1.165) is 0 Å². The number of methoxy groups -OCH3 is 1. The van der Waals surface area contributed by atoms with Gasteiger partial charge in [-0.3, -0.25) is 0 Å². The predicted molar refractivity (Wildman–Crippen MR) is 78.8 cm³/mol. The normalized spacial score (nSPS) is 13.0. The molecule has 0 aliphatic carbocycles. The Bertz CT molecular complexity index is 578. The number of ether oxygens (including phenoxy) is 1. The van der Waals surface area contributed by atoms with Gasteiger partial charge in [0.05, 0.1) is 24.4 Å². The summed E-state index contributed by atoms with van der Waals surface area (Å²) >= 11 is 0. The third-order valence-electron chi connectivity index (χ3n) is 3.34. The number of amides is 2. The molecule has 112 valence electrons. The topological polar surface area (TPSA) is 91.2 Å². The molecule has 0 saturated heterocycles. The van der Waals surface area contributed by atoms with E-state index in [0.29, 0.717) is 5.69 Å². The average Bonchev–Trinajstić information content (AvgIpc) is 2.46. The van der Waals surface area contributed by atoms with Crippen molar-refractivity contribution in [3.8, 4) is 6.07 Å². The number of esters is 1. The van der Waals surface area contributed by atoms with Crippen molar-refractivity contribution < 1.29 is 14.3 Å². The van der Waals surface area contributed by atoms with Crippen LogP contribution in [0.4, 0.5) is 10.5 Å². The summed E-state index contributed by atoms with van der Waals surface area (Å²) in [7, 11) is 1.27. The summed E-state index contributed by atoms with van der Waals surface area (Å²) in [5.41, 5.74) is -0.422. The van der Waals surface area contributed by atoms with Gasteiger partial charge in [-0.05, 0) is 25.0 Å². The van der Waals surface area contributed by atoms with Crippen LogP contribution in [-0.4, -0.2) is 24.6 Å². The van der Waals surface area contributed by atoms with E-state index in [1.165, 1.54) is 7.11 Å². The second-order valence-corrected chi connectivity index (χ2v) is 5.09. The van der Waals surface area contributed by atoms with Crippen molar-refractivity contribution in [3.63, 3.8) is 0 Å². The predicted octanol–water partition coefficient (Wildman–Crippen LogP) is 2.53. The van der Waals surface area contributed by atoms with Crippen molar-refractivity contribution in [1.29, 1.82) is 5.26 Å². The second-order valence-electron chi connectivity index (χ2n) is 5.09. The molecule has 1 rings (SSSR count). The molecule has 0 aliphatic heterocycles. The van der Waals surface area contributed by atoms with Gasteiger partial charge in [-0.25, -0.2) is 9.59 Å². The number of hydrogen-bond donors (Lipinski definition) is 2. The standard InChI is InChI=1S/C15H19N3O3/c1-10(2)15(3,9-16)18-14(20)17-12-8-6-5-7-11(12)13(19)21-4/h5-8,10H,1-4H3,(H2,17,18,20). The lowest BCUT2D eigenvalue weighted by atomic mass is 9.90. The van der Waals surface area contributed by atoms with E-state index < -0.39 is 17.5 Å². The molecule has 0 fully saturated rings. The number of carbonyl (C=O) groups is 2. The van der Waals surface area contributed by atoms with Crippen molar-refractivity contribution in [3.05, 3.63) is 29.8 Å². The van der Waals surface area contributed by atoms with Crippen LogP contribution in [0, 0.1) is 17.2 Å². The van der Waals surface area contributed by atoms with Crippen molar-refractivity contribution >= 4 is 17.7 Å². The van der Waals surface area contributed by atoms with E-state index in [-0.39, 0.29) is 11.5 Å². The van der Waals surface area contributed by atoms with E-state index >= 15 is 0 Å². The summed E-state index contributed by atoms with van der Waals surface area (Å²) in [6.45, 7) is 5.32. The first-order chi connectivity index (χ1) is 9.84. The van der Waals surface area contributed by atoms with E-state index in [1.807, 2.05) is 13.8 Å². The van der Waals surface area contributed by atoms with Crippen LogP contribution in [0.5, 0.6) is 0 Å². The number of urea groups is 1. The Morgan fingerprint density at radius 3 is 2.48 bits per heavy atom. The molecule has 2 N–H and O–H groups in total. The summed E-state index contributed by atoms with van der Waals surface area (Å²) < 4.78 is 4.66. The third-order valence-corrected chi connectivity index (χ3v) is 3.34. The average molecular weight is 289 g/mol. The van der Waals surface area contributed by atoms with Crippen LogP contribution in [0.15, 0.2) is 24.3 Å². The second kappa shape index (κ2) is 6.75. The van der Waals surface area contributed by atoms with Crippen LogP contribution in [0.1, 0.15) is 31.1 Å². The number of nitrogens with one attached hydrogen (secondary N) is 2. The monoisotopic (exact) mass is 289 g/mol. The lowest BCUT2D eigenvalue weighted by Gasteiger charge is -2.27. The molecule has 21 heavy (non-hydrogen) atoms. The lowest BCUT2D eigenvalue weighted by molar-refractivity contribution is 0.0602. The molecule has 6 heteroatoms. The third kappa shape index (κ3) is 3.96. The number of nitriles is 1. The minimum Gasteiger partial charge on any atom is -0.465 e. The van der Waals surface area contributed by atoms with E-state index in [2.05, 4.69) is 21.4 Å². The largest absolute Gasteiger partial charge is 0.465 e. The maximum Gasteiger partial charge on any atom is 0.339 e. The maximum absolute atomic E-state index is 12.0. The fourth-order valence-corrected chi connectivity index (χ4v) is 1.57. The molecule has 0 aromatic heterocycles. The molecule has 1 atom stereocenters. The molecule has 0 aliphatic rings. The Morgan fingerprint density at radius 1 is 1.33 bits per heavy atom. The number of benzene rings is 1. The lowest BCUT2D eigenvalue weighted by Crippen LogP contribution is -2.50. The molecular formula is C15H19N3O3. The van der Waals surface area contributed by atoms with Gasteiger partial charge in [0, 0.05) is 0 Å². The SMILES string of the molecule is COC(=O)c1ccccc1NC(=O)NC(C)(C#N)C(C)C. The molecule has 1 unspecified atom stereocenters. The number of hydrogen-bond acceptors (Lipinski definition) is 4. The molecule has 2 amide bonds. The molecule has 1 aromatic carbocycles. The molecular weight excluding hydrogens is 270 g/mol. The smallest absolute Gasteiger partial charge is 0.339 e. The minimum absolute atomic E-state index is 0.0656. The summed E-state index contributed by atoms with van der Waals surface area (Å²) in [5, 5.41) is 14.4. The van der Waals surface area contributed by atoms with Crippen molar-refractivity contribution in [2.45, 2.75) is 26.3 Å². The summed E-state index contributed by atoms with van der Waals surface area (Å²) in [6.07, 6.45) is 0. The first-order valence-corrected chi connectivity index (χ1v) is 6.51. The highest BCUT2D eigenvalue weighted by molar-refractivity contribution is 6.00. The molecule has 1 aromatic rings. The van der Waals surface area contributed by atoms with Gasteiger partial charge in [-0.2, -0.15) is 5.26 Å². The van der Waals surface area contributed by atoms with Gasteiger partial charge < -0.3 is 15.4 Å². The van der Waals surface area contributed by atoms with E-state index in [1.54, 1.807) is 31.2 Å². The first-order valence-electron chi connectivity index (χ1n) is 6.51. The van der Waals surface area contributed by atoms with Crippen molar-refractivity contribution in [2.24, 2.45) is 5.92 Å². The molecule has 0 heterocycles. The number of carbonyl (C=O) groups excluding carboxylic acids is 2. The zero-order valence-electron chi connectivity index (χ0n) is 12.6.